The monoisotopic (exact) mass is 604 g/mol. The summed E-state index contributed by atoms with van der Waals surface area (Å²) in [5, 5.41) is 0. The molecule has 0 aliphatic carbocycles. The third kappa shape index (κ3) is 10.2. The molecule has 10 nitrogen and oxygen atoms in total. The van der Waals surface area contributed by atoms with Crippen molar-refractivity contribution in [3.63, 3.8) is 0 Å². The second-order valence-corrected chi connectivity index (χ2v) is 12.3. The van der Waals surface area contributed by atoms with E-state index >= 15 is 0 Å². The van der Waals surface area contributed by atoms with Gasteiger partial charge in [0, 0.05) is 58.6 Å². The molecule has 2 fully saturated rings. The molecule has 2 aliphatic heterocycles. The van der Waals surface area contributed by atoms with Crippen molar-refractivity contribution in [3.05, 3.63) is 47.5 Å². The maximum Gasteiger partial charge on any atom is 0.410 e. The van der Waals surface area contributed by atoms with Crippen molar-refractivity contribution in [2.45, 2.75) is 52.7 Å². The van der Waals surface area contributed by atoms with E-state index in [1.807, 2.05) is 78.2 Å². The van der Waals surface area contributed by atoms with E-state index in [2.05, 4.69) is 35.7 Å². The number of amides is 2. The Morgan fingerprint density at radius 2 is 1.18 bits per heavy atom. The van der Waals surface area contributed by atoms with Gasteiger partial charge in [-0.2, -0.15) is 0 Å². The number of pyridine rings is 2. The fourth-order valence-corrected chi connectivity index (χ4v) is 4.28. The van der Waals surface area contributed by atoms with Gasteiger partial charge in [0.2, 0.25) is 0 Å². The molecule has 0 saturated carbocycles. The first kappa shape index (κ1) is 30.5. The van der Waals surface area contributed by atoms with E-state index in [1.165, 1.54) is 0 Å². The van der Waals surface area contributed by atoms with Crippen LogP contribution < -0.4 is 9.80 Å². The SMILES string of the molecule is CC(C)(C)OC(=O)N1CCN(c2ccc(Br)nc2)CC1.CC(C)(C)OC(=O)N1CCN(c2cccnc2)CC1. The van der Waals surface area contributed by atoms with E-state index in [0.717, 1.165) is 42.2 Å². The number of hydrogen-bond acceptors (Lipinski definition) is 8. The molecule has 0 atom stereocenters. The summed E-state index contributed by atoms with van der Waals surface area (Å²) in [6, 6.07) is 7.92. The molecule has 2 amide bonds. The molecule has 0 radical (unpaired) electrons. The molecule has 2 saturated heterocycles. The molecule has 0 unspecified atom stereocenters. The summed E-state index contributed by atoms with van der Waals surface area (Å²) in [4.78, 5) is 40.2. The van der Waals surface area contributed by atoms with Crippen molar-refractivity contribution in [2.24, 2.45) is 0 Å². The highest BCUT2D eigenvalue weighted by Crippen LogP contribution is 2.19. The Balaban J connectivity index is 0.000000216. The third-order valence-electron chi connectivity index (χ3n) is 5.95. The van der Waals surface area contributed by atoms with Crippen molar-refractivity contribution in [1.82, 2.24) is 19.8 Å². The Hall–Kier alpha value is -3.08. The van der Waals surface area contributed by atoms with Crippen molar-refractivity contribution in [1.29, 1.82) is 0 Å². The molecule has 11 heteroatoms. The summed E-state index contributed by atoms with van der Waals surface area (Å²) in [6.45, 7) is 17.2. The lowest BCUT2D eigenvalue weighted by Crippen LogP contribution is -2.50. The minimum Gasteiger partial charge on any atom is -0.444 e. The fraction of sp³-hybridized carbons (Fsp3) is 0.571. The van der Waals surface area contributed by atoms with Gasteiger partial charge in [0.1, 0.15) is 15.8 Å². The summed E-state index contributed by atoms with van der Waals surface area (Å²) in [5.41, 5.74) is 1.31. The quantitative estimate of drug-likeness (QED) is 0.440. The smallest absolute Gasteiger partial charge is 0.410 e. The molecule has 214 valence electrons. The number of halogens is 1. The van der Waals surface area contributed by atoms with Gasteiger partial charge in [-0.15, -0.1) is 0 Å². The van der Waals surface area contributed by atoms with Gasteiger partial charge in [-0.05, 0) is 81.7 Å². The molecule has 2 aliphatic rings. The molecule has 0 aromatic carbocycles. The minimum absolute atomic E-state index is 0.224. The molecule has 39 heavy (non-hydrogen) atoms. The van der Waals surface area contributed by atoms with Crippen LogP contribution in [0.15, 0.2) is 47.5 Å². The van der Waals surface area contributed by atoms with Crippen LogP contribution in [0.25, 0.3) is 0 Å². The van der Waals surface area contributed by atoms with E-state index in [1.54, 1.807) is 16.0 Å². The Labute approximate surface area is 240 Å². The molecular formula is C28H41BrN6O4. The molecule has 0 N–H and O–H groups in total. The number of carbonyl (C=O) groups excluding carboxylic acids is 2. The van der Waals surface area contributed by atoms with Crippen LogP contribution in [0, 0.1) is 0 Å². The lowest BCUT2D eigenvalue weighted by Gasteiger charge is -2.36. The first-order valence-electron chi connectivity index (χ1n) is 13.3. The van der Waals surface area contributed by atoms with Crippen molar-refractivity contribution in [3.8, 4) is 0 Å². The molecule has 2 aromatic heterocycles. The summed E-state index contributed by atoms with van der Waals surface area (Å²) in [7, 11) is 0. The number of anilines is 2. The number of nitrogens with zero attached hydrogens (tertiary/aromatic N) is 6. The zero-order valence-corrected chi connectivity index (χ0v) is 25.5. The number of aromatic nitrogens is 2. The van der Waals surface area contributed by atoms with Gasteiger partial charge in [0.05, 0.1) is 23.8 Å². The highest BCUT2D eigenvalue weighted by atomic mass is 79.9. The zero-order chi connectivity index (χ0) is 28.6. The van der Waals surface area contributed by atoms with Gasteiger partial charge >= 0.3 is 12.2 Å². The van der Waals surface area contributed by atoms with Gasteiger partial charge in [0.15, 0.2) is 0 Å². The maximum atomic E-state index is 12.0. The molecule has 0 spiro atoms. The maximum absolute atomic E-state index is 12.0. The third-order valence-corrected chi connectivity index (χ3v) is 6.42. The average Bonchev–Trinajstić information content (AvgIpc) is 2.88. The first-order valence-corrected chi connectivity index (χ1v) is 14.1. The van der Waals surface area contributed by atoms with Gasteiger partial charge < -0.3 is 29.1 Å². The van der Waals surface area contributed by atoms with Crippen LogP contribution in [0.5, 0.6) is 0 Å². The predicted molar refractivity (Wildman–Crippen MR) is 156 cm³/mol. The molecule has 4 heterocycles. The molecule has 4 rings (SSSR count). The van der Waals surface area contributed by atoms with Gasteiger partial charge in [-0.1, -0.05) is 0 Å². The number of carbonyl (C=O) groups is 2. The van der Waals surface area contributed by atoms with Crippen LogP contribution in [0.3, 0.4) is 0 Å². The van der Waals surface area contributed by atoms with E-state index in [-0.39, 0.29) is 12.2 Å². The molecule has 0 bridgehead atoms. The lowest BCUT2D eigenvalue weighted by atomic mass is 10.2. The number of hydrogen-bond donors (Lipinski definition) is 0. The topological polar surface area (TPSA) is 91.3 Å². The first-order chi connectivity index (χ1) is 18.3. The van der Waals surface area contributed by atoms with Crippen LogP contribution in [0.4, 0.5) is 21.0 Å². The second kappa shape index (κ2) is 13.3. The Kier molecular flexibility index (Phi) is 10.4. The van der Waals surface area contributed by atoms with Gasteiger partial charge in [-0.25, -0.2) is 14.6 Å². The number of rotatable bonds is 2. The van der Waals surface area contributed by atoms with Gasteiger partial charge in [0.25, 0.3) is 0 Å². The summed E-state index contributed by atoms with van der Waals surface area (Å²) >= 11 is 3.33. The van der Waals surface area contributed by atoms with Crippen LogP contribution in [-0.2, 0) is 9.47 Å². The normalized spacial score (nSPS) is 16.3. The lowest BCUT2D eigenvalue weighted by molar-refractivity contribution is 0.0230. The van der Waals surface area contributed by atoms with E-state index in [9.17, 15) is 9.59 Å². The number of ether oxygens (including phenoxy) is 2. The van der Waals surface area contributed by atoms with Crippen molar-refractivity contribution in [2.75, 3.05) is 62.2 Å². The summed E-state index contributed by atoms with van der Waals surface area (Å²) in [6.07, 6.45) is 5.00. The van der Waals surface area contributed by atoms with Crippen LogP contribution in [0.2, 0.25) is 0 Å². The molecular weight excluding hydrogens is 564 g/mol. The van der Waals surface area contributed by atoms with Crippen LogP contribution >= 0.6 is 15.9 Å². The zero-order valence-electron chi connectivity index (χ0n) is 23.9. The highest BCUT2D eigenvalue weighted by Gasteiger charge is 2.27. The average molecular weight is 606 g/mol. The standard InChI is InChI=1S/C14H20BrN3O2.C14H21N3O2/c1-14(2,3)20-13(19)18-8-6-17(7-9-18)11-4-5-12(15)16-10-11;1-14(2,3)19-13(18)17-9-7-16(8-10-17)12-5-4-6-15-11-12/h4-5,10H,6-9H2,1-3H3;4-6,11H,7-10H2,1-3H3. The minimum atomic E-state index is -0.441. The van der Waals surface area contributed by atoms with Crippen LogP contribution in [0.1, 0.15) is 41.5 Å². The van der Waals surface area contributed by atoms with E-state index in [4.69, 9.17) is 9.47 Å². The largest absolute Gasteiger partial charge is 0.444 e. The Morgan fingerprint density at radius 3 is 1.54 bits per heavy atom. The molecule has 2 aromatic rings. The van der Waals surface area contributed by atoms with E-state index < -0.39 is 11.2 Å². The van der Waals surface area contributed by atoms with Crippen molar-refractivity contribution >= 4 is 39.5 Å². The highest BCUT2D eigenvalue weighted by molar-refractivity contribution is 9.10. The summed E-state index contributed by atoms with van der Waals surface area (Å²) in [5.74, 6) is 0. The Bertz CT molecular complexity index is 1060. The predicted octanol–water partition coefficient (Wildman–Crippen LogP) is 5.04. The van der Waals surface area contributed by atoms with Gasteiger partial charge in [-0.3, -0.25) is 4.98 Å². The van der Waals surface area contributed by atoms with E-state index in [0.29, 0.717) is 26.2 Å². The fourth-order valence-electron chi connectivity index (χ4n) is 4.04. The second-order valence-electron chi connectivity index (χ2n) is 11.5. The summed E-state index contributed by atoms with van der Waals surface area (Å²) < 4.78 is 11.6. The number of piperazine rings is 2. The van der Waals surface area contributed by atoms with Crippen LogP contribution in [-0.4, -0.2) is 95.5 Å². The van der Waals surface area contributed by atoms with Crippen molar-refractivity contribution < 1.29 is 19.1 Å². The Morgan fingerprint density at radius 1 is 0.718 bits per heavy atom.